The number of amides is 1. The number of H-pyrrole nitrogens is 1. The SMILES string of the molecule is COCCN(C(=O)CN1CC(C)OC(C)C1)c1c(N)n(Cc2ccccc2)c(=O)[nH]c1=O. The normalized spacial score (nSPS) is 19.1. The molecule has 32 heavy (non-hydrogen) atoms. The monoisotopic (exact) mass is 445 g/mol. The Kier molecular flexibility index (Phi) is 7.84. The average Bonchev–Trinajstić information content (AvgIpc) is 2.73. The van der Waals surface area contributed by atoms with Crippen LogP contribution in [0.3, 0.4) is 0 Å². The van der Waals surface area contributed by atoms with Crippen LogP contribution in [-0.4, -0.2) is 72.5 Å². The highest BCUT2D eigenvalue weighted by Gasteiger charge is 2.29. The minimum atomic E-state index is -0.704. The summed E-state index contributed by atoms with van der Waals surface area (Å²) in [5, 5.41) is 0. The van der Waals surface area contributed by atoms with E-state index in [1.54, 1.807) is 0 Å². The summed E-state index contributed by atoms with van der Waals surface area (Å²) in [7, 11) is 1.51. The maximum Gasteiger partial charge on any atom is 0.330 e. The van der Waals surface area contributed by atoms with Crippen molar-refractivity contribution in [2.24, 2.45) is 0 Å². The Morgan fingerprint density at radius 1 is 1.22 bits per heavy atom. The van der Waals surface area contributed by atoms with Gasteiger partial charge in [-0.05, 0) is 19.4 Å². The second-order valence-electron chi connectivity index (χ2n) is 8.05. The van der Waals surface area contributed by atoms with Gasteiger partial charge in [0.25, 0.3) is 5.56 Å². The van der Waals surface area contributed by atoms with Gasteiger partial charge in [0, 0.05) is 26.7 Å². The third-order valence-corrected chi connectivity index (χ3v) is 5.34. The number of nitrogens with zero attached hydrogens (tertiary/aromatic N) is 3. The topological polar surface area (TPSA) is 123 Å². The lowest BCUT2D eigenvalue weighted by molar-refractivity contribution is -0.123. The van der Waals surface area contributed by atoms with Crippen LogP contribution in [0.15, 0.2) is 39.9 Å². The standard InChI is InChI=1S/C22H31N5O5/c1-15-11-25(12-16(2)32-15)14-18(28)26(9-10-31-3)19-20(23)27(22(30)24-21(19)29)13-17-7-5-4-6-8-17/h4-8,15-16H,9-14,23H2,1-3H3,(H,24,29,30). The van der Waals surface area contributed by atoms with E-state index >= 15 is 0 Å². The van der Waals surface area contributed by atoms with Crippen molar-refractivity contribution in [3.8, 4) is 0 Å². The van der Waals surface area contributed by atoms with Crippen LogP contribution in [0.5, 0.6) is 0 Å². The molecule has 2 atom stereocenters. The second-order valence-corrected chi connectivity index (χ2v) is 8.05. The second kappa shape index (κ2) is 10.6. The van der Waals surface area contributed by atoms with Gasteiger partial charge in [0.1, 0.15) is 5.82 Å². The number of carbonyl (C=O) groups excluding carboxylic acids is 1. The first-order chi connectivity index (χ1) is 15.3. The van der Waals surface area contributed by atoms with E-state index in [9.17, 15) is 14.4 Å². The van der Waals surface area contributed by atoms with Crippen LogP contribution in [0.25, 0.3) is 0 Å². The van der Waals surface area contributed by atoms with Gasteiger partial charge in [-0.15, -0.1) is 0 Å². The van der Waals surface area contributed by atoms with Crippen LogP contribution >= 0.6 is 0 Å². The fourth-order valence-electron chi connectivity index (χ4n) is 4.00. The summed E-state index contributed by atoms with van der Waals surface area (Å²) in [5.41, 5.74) is 5.76. The highest BCUT2D eigenvalue weighted by Crippen LogP contribution is 2.19. The highest BCUT2D eigenvalue weighted by atomic mass is 16.5. The van der Waals surface area contributed by atoms with E-state index in [0.29, 0.717) is 13.1 Å². The Morgan fingerprint density at radius 3 is 2.50 bits per heavy atom. The molecule has 1 saturated heterocycles. The molecule has 0 saturated carbocycles. The summed E-state index contributed by atoms with van der Waals surface area (Å²) in [4.78, 5) is 44.1. The number of hydrogen-bond acceptors (Lipinski definition) is 7. The first-order valence-electron chi connectivity index (χ1n) is 10.6. The first kappa shape index (κ1) is 23.7. The predicted molar refractivity (Wildman–Crippen MR) is 122 cm³/mol. The quantitative estimate of drug-likeness (QED) is 0.597. The number of aromatic amines is 1. The Balaban J connectivity index is 1.94. The van der Waals surface area contributed by atoms with Crippen molar-refractivity contribution in [3.63, 3.8) is 0 Å². The molecule has 1 aliphatic heterocycles. The Bertz CT molecular complexity index is 1030. The number of carbonyl (C=O) groups is 1. The van der Waals surface area contributed by atoms with Crippen LogP contribution in [-0.2, 0) is 20.8 Å². The van der Waals surface area contributed by atoms with Crippen molar-refractivity contribution < 1.29 is 14.3 Å². The Hall–Kier alpha value is -2.95. The number of nitrogens with one attached hydrogen (secondary N) is 1. The number of hydrogen-bond donors (Lipinski definition) is 2. The van der Waals surface area contributed by atoms with Crippen molar-refractivity contribution in [1.29, 1.82) is 0 Å². The van der Waals surface area contributed by atoms with Crippen molar-refractivity contribution in [2.45, 2.75) is 32.6 Å². The van der Waals surface area contributed by atoms with Crippen LogP contribution in [0.4, 0.5) is 11.5 Å². The summed E-state index contributed by atoms with van der Waals surface area (Å²) in [5.74, 6) is -0.360. The van der Waals surface area contributed by atoms with Gasteiger partial charge in [0.2, 0.25) is 5.91 Å². The van der Waals surface area contributed by atoms with Gasteiger partial charge in [-0.3, -0.25) is 24.0 Å². The predicted octanol–water partition coefficient (Wildman–Crippen LogP) is 0.256. The van der Waals surface area contributed by atoms with Crippen LogP contribution in [0.2, 0.25) is 0 Å². The fourth-order valence-corrected chi connectivity index (χ4v) is 4.00. The smallest absolute Gasteiger partial charge is 0.330 e. The summed E-state index contributed by atoms with van der Waals surface area (Å²) < 4.78 is 12.1. The van der Waals surface area contributed by atoms with Crippen LogP contribution < -0.4 is 21.9 Å². The van der Waals surface area contributed by atoms with Gasteiger partial charge in [-0.2, -0.15) is 0 Å². The molecule has 2 unspecified atom stereocenters. The molecule has 3 rings (SSSR count). The molecule has 1 aromatic heterocycles. The molecular formula is C22H31N5O5. The molecule has 0 bridgehead atoms. The van der Waals surface area contributed by atoms with Gasteiger partial charge < -0.3 is 20.1 Å². The molecule has 1 amide bonds. The zero-order valence-electron chi connectivity index (χ0n) is 18.7. The number of nitrogen functional groups attached to an aromatic ring is 1. The van der Waals surface area contributed by atoms with Crippen molar-refractivity contribution in [2.75, 3.05) is 50.5 Å². The third kappa shape index (κ3) is 5.64. The molecule has 174 valence electrons. The van der Waals surface area contributed by atoms with Gasteiger partial charge in [0.15, 0.2) is 5.69 Å². The van der Waals surface area contributed by atoms with Crippen LogP contribution in [0, 0.1) is 0 Å². The number of morpholine rings is 1. The van der Waals surface area contributed by atoms with Crippen molar-refractivity contribution in [1.82, 2.24) is 14.5 Å². The number of rotatable bonds is 8. The maximum absolute atomic E-state index is 13.3. The molecule has 1 aliphatic rings. The summed E-state index contributed by atoms with van der Waals surface area (Å²) >= 11 is 0. The molecule has 0 radical (unpaired) electrons. The van der Waals surface area contributed by atoms with Gasteiger partial charge >= 0.3 is 5.69 Å². The number of benzene rings is 1. The number of aromatic nitrogens is 2. The number of methoxy groups -OCH3 is 1. The molecule has 10 nitrogen and oxygen atoms in total. The van der Waals surface area contributed by atoms with Crippen molar-refractivity contribution in [3.05, 3.63) is 56.7 Å². The van der Waals surface area contributed by atoms with E-state index < -0.39 is 11.2 Å². The number of nitrogens with two attached hydrogens (primary N) is 1. The molecule has 3 N–H and O–H groups in total. The number of ether oxygens (including phenoxy) is 2. The summed E-state index contributed by atoms with van der Waals surface area (Å²) in [6.07, 6.45) is 0.000416. The minimum Gasteiger partial charge on any atom is -0.383 e. The average molecular weight is 446 g/mol. The van der Waals surface area contributed by atoms with Gasteiger partial charge in [-0.1, -0.05) is 30.3 Å². The lowest BCUT2D eigenvalue weighted by Gasteiger charge is -2.36. The van der Waals surface area contributed by atoms with E-state index in [0.717, 1.165) is 5.56 Å². The lowest BCUT2D eigenvalue weighted by atomic mass is 10.2. The first-order valence-corrected chi connectivity index (χ1v) is 10.6. The van der Waals surface area contributed by atoms with E-state index in [-0.39, 0.29) is 55.9 Å². The zero-order chi connectivity index (χ0) is 23.3. The Morgan fingerprint density at radius 2 is 1.88 bits per heavy atom. The van der Waals surface area contributed by atoms with Crippen LogP contribution in [0.1, 0.15) is 19.4 Å². The molecule has 10 heteroatoms. The molecule has 1 fully saturated rings. The molecular weight excluding hydrogens is 414 g/mol. The molecule has 1 aromatic carbocycles. The van der Waals surface area contributed by atoms with E-state index in [4.69, 9.17) is 15.2 Å². The maximum atomic E-state index is 13.3. The molecule has 0 spiro atoms. The molecule has 0 aliphatic carbocycles. The van der Waals surface area contributed by atoms with E-state index in [1.807, 2.05) is 49.1 Å². The molecule has 2 aromatic rings. The molecule has 2 heterocycles. The van der Waals surface area contributed by atoms with E-state index in [1.165, 1.54) is 16.6 Å². The third-order valence-electron chi connectivity index (χ3n) is 5.34. The fraction of sp³-hybridized carbons (Fsp3) is 0.500. The zero-order valence-corrected chi connectivity index (χ0v) is 18.7. The largest absolute Gasteiger partial charge is 0.383 e. The summed E-state index contributed by atoms with van der Waals surface area (Å²) in [6.45, 7) is 5.72. The Labute approximate surface area is 186 Å². The van der Waals surface area contributed by atoms with Gasteiger partial charge in [-0.25, -0.2) is 4.79 Å². The van der Waals surface area contributed by atoms with Gasteiger partial charge in [0.05, 0.1) is 31.9 Å². The lowest BCUT2D eigenvalue weighted by Crippen LogP contribution is -2.51. The summed E-state index contributed by atoms with van der Waals surface area (Å²) in [6, 6.07) is 9.27. The minimum absolute atomic E-state index is 0.000208. The van der Waals surface area contributed by atoms with E-state index in [2.05, 4.69) is 4.98 Å². The number of anilines is 2. The van der Waals surface area contributed by atoms with Crippen molar-refractivity contribution >= 4 is 17.4 Å². The highest BCUT2D eigenvalue weighted by molar-refractivity contribution is 5.96.